The van der Waals surface area contributed by atoms with Crippen molar-refractivity contribution in [1.29, 1.82) is 0 Å². The Morgan fingerprint density at radius 3 is 2.10 bits per heavy atom. The average molecular weight is 286 g/mol. The van der Waals surface area contributed by atoms with Gasteiger partial charge in [0, 0.05) is 16.5 Å². The van der Waals surface area contributed by atoms with E-state index in [1.165, 1.54) is 18.2 Å². The number of hydrogen-bond acceptors (Lipinski definition) is 1. The van der Waals surface area contributed by atoms with Crippen molar-refractivity contribution >= 4 is 16.6 Å². The molecule has 0 aliphatic carbocycles. The van der Waals surface area contributed by atoms with Crippen molar-refractivity contribution in [3.63, 3.8) is 0 Å². The quantitative estimate of drug-likeness (QED) is 0.634. The Hall–Kier alpha value is -2.62. The standard InChI is InChI=1S/C17H9F3O/c18-14-8-6-13(11-3-1-2-4-12(11)14)17(21)10-5-7-15(19)16(20)9-10/h1-9H. The molecule has 3 aromatic rings. The number of ketones is 1. The second-order valence-corrected chi connectivity index (χ2v) is 4.60. The van der Waals surface area contributed by atoms with Gasteiger partial charge in [-0.05, 0) is 35.7 Å². The van der Waals surface area contributed by atoms with Gasteiger partial charge in [0.05, 0.1) is 0 Å². The minimum Gasteiger partial charge on any atom is -0.289 e. The Balaban J connectivity index is 2.18. The van der Waals surface area contributed by atoms with Crippen LogP contribution >= 0.6 is 0 Å². The smallest absolute Gasteiger partial charge is 0.193 e. The van der Waals surface area contributed by atoms with Gasteiger partial charge in [0.25, 0.3) is 0 Å². The van der Waals surface area contributed by atoms with Crippen molar-refractivity contribution in [2.24, 2.45) is 0 Å². The van der Waals surface area contributed by atoms with E-state index in [9.17, 15) is 18.0 Å². The van der Waals surface area contributed by atoms with Crippen LogP contribution in [0.1, 0.15) is 15.9 Å². The molecule has 3 rings (SSSR count). The molecule has 0 spiro atoms. The molecule has 0 bridgehead atoms. The maximum atomic E-state index is 13.7. The minimum absolute atomic E-state index is 0.0191. The van der Waals surface area contributed by atoms with E-state index in [0.717, 1.165) is 12.1 Å². The molecular formula is C17H9F3O. The van der Waals surface area contributed by atoms with Crippen LogP contribution in [-0.2, 0) is 0 Å². The summed E-state index contributed by atoms with van der Waals surface area (Å²) in [7, 11) is 0. The normalized spacial score (nSPS) is 10.8. The van der Waals surface area contributed by atoms with Crippen LogP contribution in [-0.4, -0.2) is 5.78 Å². The van der Waals surface area contributed by atoms with Gasteiger partial charge >= 0.3 is 0 Å². The molecule has 0 amide bonds. The van der Waals surface area contributed by atoms with Crippen molar-refractivity contribution in [3.8, 4) is 0 Å². The lowest BCUT2D eigenvalue weighted by atomic mass is 9.97. The van der Waals surface area contributed by atoms with Crippen molar-refractivity contribution < 1.29 is 18.0 Å². The van der Waals surface area contributed by atoms with Crippen LogP contribution in [0, 0.1) is 17.5 Å². The highest BCUT2D eigenvalue weighted by Crippen LogP contribution is 2.24. The molecule has 0 aliphatic rings. The molecule has 21 heavy (non-hydrogen) atoms. The van der Waals surface area contributed by atoms with Crippen molar-refractivity contribution in [3.05, 3.63) is 83.2 Å². The third kappa shape index (κ3) is 2.29. The maximum Gasteiger partial charge on any atom is 0.193 e. The van der Waals surface area contributed by atoms with Crippen LogP contribution in [0.2, 0.25) is 0 Å². The molecule has 3 aromatic carbocycles. The number of rotatable bonds is 2. The lowest BCUT2D eigenvalue weighted by Gasteiger charge is -2.07. The number of carbonyl (C=O) groups excluding carboxylic acids is 1. The van der Waals surface area contributed by atoms with Gasteiger partial charge in [0.15, 0.2) is 17.4 Å². The second-order valence-electron chi connectivity index (χ2n) is 4.60. The first-order chi connectivity index (χ1) is 10.1. The average Bonchev–Trinajstić information content (AvgIpc) is 2.50. The van der Waals surface area contributed by atoms with Crippen molar-refractivity contribution in [2.75, 3.05) is 0 Å². The van der Waals surface area contributed by atoms with E-state index in [2.05, 4.69) is 0 Å². The topological polar surface area (TPSA) is 17.1 Å². The lowest BCUT2D eigenvalue weighted by Crippen LogP contribution is -2.04. The summed E-state index contributed by atoms with van der Waals surface area (Å²) >= 11 is 0. The van der Waals surface area contributed by atoms with Crippen LogP contribution < -0.4 is 0 Å². The molecule has 104 valence electrons. The minimum atomic E-state index is -1.09. The van der Waals surface area contributed by atoms with E-state index in [0.29, 0.717) is 10.8 Å². The molecule has 0 aromatic heterocycles. The van der Waals surface area contributed by atoms with E-state index in [1.54, 1.807) is 24.3 Å². The Labute approximate surface area is 118 Å². The summed E-state index contributed by atoms with van der Waals surface area (Å²) in [6.45, 7) is 0. The number of benzene rings is 3. The van der Waals surface area contributed by atoms with E-state index < -0.39 is 23.2 Å². The third-order valence-electron chi connectivity index (χ3n) is 3.30. The molecule has 0 fully saturated rings. The SMILES string of the molecule is O=C(c1ccc(F)c(F)c1)c1ccc(F)c2ccccc12. The molecule has 0 N–H and O–H groups in total. The zero-order valence-corrected chi connectivity index (χ0v) is 10.7. The second kappa shape index (κ2) is 5.05. The van der Waals surface area contributed by atoms with Crippen molar-refractivity contribution in [1.82, 2.24) is 0 Å². The summed E-state index contributed by atoms with van der Waals surface area (Å²) < 4.78 is 39.9. The highest BCUT2D eigenvalue weighted by Gasteiger charge is 2.15. The monoisotopic (exact) mass is 286 g/mol. The van der Waals surface area contributed by atoms with Gasteiger partial charge in [0.1, 0.15) is 5.82 Å². The third-order valence-corrected chi connectivity index (χ3v) is 3.30. The molecule has 4 heteroatoms. The van der Waals surface area contributed by atoms with E-state index >= 15 is 0 Å². The largest absolute Gasteiger partial charge is 0.289 e. The Bertz CT molecular complexity index is 856. The molecule has 0 saturated heterocycles. The fourth-order valence-electron chi connectivity index (χ4n) is 2.25. The summed E-state index contributed by atoms with van der Waals surface area (Å²) in [6.07, 6.45) is 0. The first-order valence-electron chi connectivity index (χ1n) is 6.25. The molecule has 0 unspecified atom stereocenters. The molecule has 0 aliphatic heterocycles. The van der Waals surface area contributed by atoms with Crippen LogP contribution in [0.3, 0.4) is 0 Å². The van der Waals surface area contributed by atoms with Gasteiger partial charge in [-0.1, -0.05) is 24.3 Å². The van der Waals surface area contributed by atoms with E-state index in [4.69, 9.17) is 0 Å². The number of carbonyl (C=O) groups is 1. The Kier molecular flexibility index (Phi) is 3.22. The highest BCUT2D eigenvalue weighted by molar-refractivity contribution is 6.16. The molecular weight excluding hydrogens is 277 g/mol. The van der Waals surface area contributed by atoms with Crippen LogP contribution in [0.15, 0.2) is 54.6 Å². The molecule has 1 nitrogen and oxygen atoms in total. The van der Waals surface area contributed by atoms with Crippen molar-refractivity contribution in [2.45, 2.75) is 0 Å². The summed E-state index contributed by atoms with van der Waals surface area (Å²) in [5, 5.41) is 0.748. The van der Waals surface area contributed by atoms with Gasteiger partial charge in [-0.15, -0.1) is 0 Å². The fraction of sp³-hybridized carbons (Fsp3) is 0. The summed E-state index contributed by atoms with van der Waals surface area (Å²) in [5.41, 5.74) is 0.267. The predicted molar refractivity (Wildman–Crippen MR) is 73.7 cm³/mol. The zero-order chi connectivity index (χ0) is 15.0. The summed E-state index contributed by atoms with van der Waals surface area (Å²) in [4.78, 5) is 12.4. The van der Waals surface area contributed by atoms with E-state index in [1.807, 2.05) is 0 Å². The first kappa shape index (κ1) is 13.4. The first-order valence-corrected chi connectivity index (χ1v) is 6.25. The predicted octanol–water partition coefficient (Wildman–Crippen LogP) is 4.49. The highest BCUT2D eigenvalue weighted by atomic mass is 19.2. The van der Waals surface area contributed by atoms with Gasteiger partial charge in [-0.2, -0.15) is 0 Å². The van der Waals surface area contributed by atoms with Gasteiger partial charge in [-0.3, -0.25) is 4.79 Å². The number of halogens is 3. The van der Waals surface area contributed by atoms with Crippen LogP contribution in [0.5, 0.6) is 0 Å². The van der Waals surface area contributed by atoms with Crippen LogP contribution in [0.25, 0.3) is 10.8 Å². The van der Waals surface area contributed by atoms with Gasteiger partial charge in [0.2, 0.25) is 0 Å². The Morgan fingerprint density at radius 1 is 0.714 bits per heavy atom. The number of hydrogen-bond donors (Lipinski definition) is 0. The van der Waals surface area contributed by atoms with E-state index in [-0.39, 0.29) is 11.1 Å². The molecule has 0 heterocycles. The summed E-state index contributed by atoms with van der Waals surface area (Å²) in [5.74, 6) is -3.03. The fourth-order valence-corrected chi connectivity index (χ4v) is 2.25. The maximum absolute atomic E-state index is 13.7. The molecule has 0 radical (unpaired) electrons. The van der Waals surface area contributed by atoms with Gasteiger partial charge in [-0.25, -0.2) is 13.2 Å². The lowest BCUT2D eigenvalue weighted by molar-refractivity contribution is 0.103. The summed E-state index contributed by atoms with van der Waals surface area (Å²) in [6, 6.07) is 12.0. The van der Waals surface area contributed by atoms with Crippen LogP contribution in [0.4, 0.5) is 13.2 Å². The number of fused-ring (bicyclic) bond motifs is 1. The zero-order valence-electron chi connectivity index (χ0n) is 10.7. The van der Waals surface area contributed by atoms with Gasteiger partial charge < -0.3 is 0 Å². The molecule has 0 saturated carbocycles. The molecule has 0 atom stereocenters. The Morgan fingerprint density at radius 2 is 1.38 bits per heavy atom.